The third-order valence-corrected chi connectivity index (χ3v) is 3.98. The smallest absolute Gasteiger partial charge is 0.237 e. The summed E-state index contributed by atoms with van der Waals surface area (Å²) in [7, 11) is 0. The Labute approximate surface area is 148 Å². The van der Waals surface area contributed by atoms with Gasteiger partial charge in [0.15, 0.2) is 5.16 Å². The molecule has 1 aromatic carbocycles. The van der Waals surface area contributed by atoms with E-state index in [0.29, 0.717) is 35.0 Å². The van der Waals surface area contributed by atoms with Crippen molar-refractivity contribution in [2.45, 2.75) is 17.8 Å². The molecule has 0 fully saturated rings. The summed E-state index contributed by atoms with van der Waals surface area (Å²) in [5.41, 5.74) is 6.69. The molecule has 9 heteroatoms. The highest BCUT2D eigenvalue weighted by Gasteiger charge is 2.14. The Kier molecular flexibility index (Phi) is 5.11. The molecule has 2 N–H and O–H groups in total. The molecule has 8 nitrogen and oxygen atoms in total. The van der Waals surface area contributed by atoms with Crippen molar-refractivity contribution in [2.24, 2.45) is 0 Å². The lowest BCUT2D eigenvalue weighted by Crippen LogP contribution is -1.98. The molecule has 2 aromatic heterocycles. The van der Waals surface area contributed by atoms with E-state index in [4.69, 9.17) is 20.3 Å². The second-order valence-corrected chi connectivity index (χ2v) is 5.74. The van der Waals surface area contributed by atoms with E-state index in [1.54, 1.807) is 0 Å². The fourth-order valence-corrected chi connectivity index (χ4v) is 2.68. The molecule has 0 amide bonds. The molecule has 0 saturated carbocycles. The van der Waals surface area contributed by atoms with Crippen LogP contribution in [0.3, 0.4) is 0 Å². The minimum atomic E-state index is 0.150. The number of ether oxygens (including phenoxy) is 1. The average molecular weight is 354 g/mol. The fraction of sp³-hybridized carbons (Fsp3) is 0.188. The van der Waals surface area contributed by atoms with Gasteiger partial charge in [0.05, 0.1) is 24.1 Å². The molecule has 2 heterocycles. The number of nitrogens with zero attached hydrogens (tertiary/aromatic N) is 5. The Bertz CT molecular complexity index is 921. The highest BCUT2D eigenvalue weighted by Crippen LogP contribution is 2.28. The topological polar surface area (TPSA) is 124 Å². The van der Waals surface area contributed by atoms with Crippen molar-refractivity contribution in [3.63, 3.8) is 0 Å². The van der Waals surface area contributed by atoms with Crippen molar-refractivity contribution in [3.8, 4) is 23.2 Å². The standard InChI is InChI=1S/C16H14N6O2S/c1-2-23-12-6-4-3-5-11(12)15-20-13(24-22-15)9-25-16-19-8-10(7-17)14(18)21-16/h3-6,8H,2,9H2,1H3,(H2,18,19,21). The molecule has 3 rings (SSSR count). The third-order valence-electron chi connectivity index (χ3n) is 3.14. The molecule has 0 radical (unpaired) electrons. The zero-order chi connectivity index (χ0) is 17.6. The second kappa shape index (κ2) is 7.63. The van der Waals surface area contributed by atoms with Gasteiger partial charge in [0.1, 0.15) is 23.2 Å². The summed E-state index contributed by atoms with van der Waals surface area (Å²) in [6, 6.07) is 9.42. The number of para-hydroxylation sites is 1. The first-order valence-corrected chi connectivity index (χ1v) is 8.40. The van der Waals surface area contributed by atoms with Crippen LogP contribution in [0.1, 0.15) is 18.4 Å². The van der Waals surface area contributed by atoms with Gasteiger partial charge in [-0.3, -0.25) is 0 Å². The van der Waals surface area contributed by atoms with Crippen LogP contribution in [0.5, 0.6) is 5.75 Å². The number of hydrogen-bond donors (Lipinski definition) is 1. The molecule has 0 bridgehead atoms. The number of aromatic nitrogens is 4. The van der Waals surface area contributed by atoms with Crippen molar-refractivity contribution in [1.82, 2.24) is 20.1 Å². The first-order valence-electron chi connectivity index (χ1n) is 7.41. The first-order chi connectivity index (χ1) is 12.2. The largest absolute Gasteiger partial charge is 0.493 e. The third kappa shape index (κ3) is 3.87. The van der Waals surface area contributed by atoms with Crippen LogP contribution in [0.2, 0.25) is 0 Å². The van der Waals surface area contributed by atoms with E-state index in [0.717, 1.165) is 5.56 Å². The summed E-state index contributed by atoms with van der Waals surface area (Å²) < 4.78 is 10.9. The maximum absolute atomic E-state index is 8.83. The van der Waals surface area contributed by atoms with Gasteiger partial charge in [-0.2, -0.15) is 10.2 Å². The van der Waals surface area contributed by atoms with Crippen molar-refractivity contribution in [1.29, 1.82) is 5.26 Å². The van der Waals surface area contributed by atoms with Crippen LogP contribution in [-0.4, -0.2) is 26.7 Å². The molecule has 0 saturated heterocycles. The number of hydrogen-bond acceptors (Lipinski definition) is 9. The van der Waals surface area contributed by atoms with Crippen LogP contribution in [0.4, 0.5) is 5.82 Å². The Morgan fingerprint density at radius 3 is 2.92 bits per heavy atom. The predicted molar refractivity (Wildman–Crippen MR) is 91.6 cm³/mol. The quantitative estimate of drug-likeness (QED) is 0.525. The minimum Gasteiger partial charge on any atom is -0.493 e. The molecule has 0 spiro atoms. The summed E-state index contributed by atoms with van der Waals surface area (Å²) in [4.78, 5) is 12.5. The number of nitrogen functional groups attached to an aromatic ring is 1. The molecule has 0 atom stereocenters. The van der Waals surface area contributed by atoms with Gasteiger partial charge in [0, 0.05) is 0 Å². The normalized spacial score (nSPS) is 10.4. The molecule has 0 aliphatic heterocycles. The van der Waals surface area contributed by atoms with Crippen LogP contribution in [0, 0.1) is 11.3 Å². The van der Waals surface area contributed by atoms with E-state index in [1.807, 2.05) is 37.3 Å². The molecular weight excluding hydrogens is 340 g/mol. The highest BCUT2D eigenvalue weighted by atomic mass is 32.2. The van der Waals surface area contributed by atoms with Crippen LogP contribution < -0.4 is 10.5 Å². The lowest BCUT2D eigenvalue weighted by molar-refractivity contribution is 0.341. The Morgan fingerprint density at radius 2 is 2.16 bits per heavy atom. The average Bonchev–Trinajstić information content (AvgIpc) is 3.10. The van der Waals surface area contributed by atoms with E-state index >= 15 is 0 Å². The van der Waals surface area contributed by atoms with Crippen molar-refractivity contribution < 1.29 is 9.26 Å². The lowest BCUT2D eigenvalue weighted by atomic mass is 10.2. The van der Waals surface area contributed by atoms with Crippen LogP contribution in [-0.2, 0) is 5.75 Å². The number of rotatable bonds is 6. The van der Waals surface area contributed by atoms with Crippen LogP contribution in [0.25, 0.3) is 11.4 Å². The summed E-state index contributed by atoms with van der Waals surface area (Å²) in [5, 5.41) is 13.3. The Hall–Kier alpha value is -3.12. The van der Waals surface area contributed by atoms with Gasteiger partial charge in [-0.15, -0.1) is 0 Å². The number of anilines is 1. The second-order valence-electron chi connectivity index (χ2n) is 4.79. The predicted octanol–water partition coefficient (Wildman–Crippen LogP) is 2.67. The minimum absolute atomic E-state index is 0.150. The first kappa shape index (κ1) is 16.7. The molecule has 0 unspecified atom stereocenters. The van der Waals surface area contributed by atoms with Gasteiger partial charge in [0.25, 0.3) is 0 Å². The maximum Gasteiger partial charge on any atom is 0.237 e. The molecule has 0 aliphatic rings. The lowest BCUT2D eigenvalue weighted by Gasteiger charge is -2.05. The number of thioether (sulfide) groups is 1. The molecular formula is C16H14N6O2S. The number of nitriles is 1. The van der Waals surface area contributed by atoms with Crippen LogP contribution >= 0.6 is 11.8 Å². The molecule has 0 aliphatic carbocycles. The Balaban J connectivity index is 1.72. The monoisotopic (exact) mass is 354 g/mol. The van der Waals surface area contributed by atoms with Gasteiger partial charge in [-0.1, -0.05) is 29.1 Å². The maximum atomic E-state index is 8.83. The summed E-state index contributed by atoms with van der Waals surface area (Å²) in [6.07, 6.45) is 1.39. The van der Waals surface area contributed by atoms with Crippen molar-refractivity contribution in [2.75, 3.05) is 12.3 Å². The SMILES string of the molecule is CCOc1ccccc1-c1noc(CSc2ncc(C#N)c(N)n2)n1. The van der Waals surface area contributed by atoms with Crippen molar-refractivity contribution >= 4 is 17.6 Å². The summed E-state index contributed by atoms with van der Waals surface area (Å²) >= 11 is 1.29. The highest BCUT2D eigenvalue weighted by molar-refractivity contribution is 7.98. The van der Waals surface area contributed by atoms with E-state index in [1.165, 1.54) is 18.0 Å². The van der Waals surface area contributed by atoms with Crippen LogP contribution in [0.15, 0.2) is 40.1 Å². The van der Waals surface area contributed by atoms with E-state index in [9.17, 15) is 0 Å². The Morgan fingerprint density at radius 1 is 1.32 bits per heavy atom. The zero-order valence-corrected chi connectivity index (χ0v) is 14.2. The molecule has 3 aromatic rings. The number of benzene rings is 1. The summed E-state index contributed by atoms with van der Waals surface area (Å²) in [6.45, 7) is 2.47. The van der Waals surface area contributed by atoms with Gasteiger partial charge < -0.3 is 15.0 Å². The zero-order valence-electron chi connectivity index (χ0n) is 13.3. The van der Waals surface area contributed by atoms with Gasteiger partial charge >= 0.3 is 0 Å². The fourth-order valence-electron chi connectivity index (χ4n) is 2.02. The van der Waals surface area contributed by atoms with Crippen molar-refractivity contribution in [3.05, 3.63) is 41.9 Å². The van der Waals surface area contributed by atoms with E-state index < -0.39 is 0 Å². The van der Waals surface area contributed by atoms with Gasteiger partial charge in [0.2, 0.25) is 11.7 Å². The summed E-state index contributed by atoms with van der Waals surface area (Å²) in [5.74, 6) is 2.12. The van der Waals surface area contributed by atoms with E-state index in [-0.39, 0.29) is 11.4 Å². The molecule has 25 heavy (non-hydrogen) atoms. The van der Waals surface area contributed by atoms with Gasteiger partial charge in [-0.05, 0) is 19.1 Å². The van der Waals surface area contributed by atoms with E-state index in [2.05, 4.69) is 20.1 Å². The molecule has 126 valence electrons. The van der Waals surface area contributed by atoms with Gasteiger partial charge in [-0.25, -0.2) is 9.97 Å². The number of nitrogens with two attached hydrogens (primary N) is 1.